The first-order chi connectivity index (χ1) is 20.5. The summed E-state index contributed by atoms with van der Waals surface area (Å²) in [5.41, 5.74) is 1.67. The molecule has 1 aliphatic heterocycles. The van der Waals surface area contributed by atoms with E-state index in [4.69, 9.17) is 9.37 Å². The number of amides is 3. The van der Waals surface area contributed by atoms with Gasteiger partial charge in [-0.05, 0) is 49.7 Å². The third-order valence-electron chi connectivity index (χ3n) is 8.29. The van der Waals surface area contributed by atoms with Crippen molar-refractivity contribution >= 4 is 17.6 Å². The van der Waals surface area contributed by atoms with Crippen LogP contribution in [0.5, 0.6) is 0 Å². The molecular weight excluding hydrogens is 576 g/mol. The van der Waals surface area contributed by atoms with Gasteiger partial charge in [-0.1, -0.05) is 5.16 Å². The molecule has 16 heteroatoms. The number of alkyl halides is 4. The molecule has 43 heavy (non-hydrogen) atoms. The Morgan fingerprint density at radius 3 is 2.67 bits per heavy atom. The second-order valence-electron chi connectivity index (χ2n) is 11.5. The highest BCUT2D eigenvalue weighted by Gasteiger charge is 2.43. The Kier molecular flexibility index (Phi) is 7.73. The highest BCUT2D eigenvalue weighted by Crippen LogP contribution is 2.43. The van der Waals surface area contributed by atoms with Crippen LogP contribution in [0.3, 0.4) is 0 Å². The van der Waals surface area contributed by atoms with E-state index in [2.05, 4.69) is 31.0 Å². The molecule has 3 aromatic heterocycles. The average Bonchev–Trinajstić information content (AvgIpc) is 3.53. The summed E-state index contributed by atoms with van der Waals surface area (Å²) in [5, 5.41) is 17.2. The number of aromatic nitrogens is 5. The van der Waals surface area contributed by atoms with Crippen molar-refractivity contribution < 1.29 is 36.5 Å². The molecule has 0 radical (unpaired) electrons. The first kappa shape index (κ1) is 29.3. The summed E-state index contributed by atoms with van der Waals surface area (Å²) in [6.45, 7) is 0.466. The molecule has 1 unspecified atom stereocenters. The van der Waals surface area contributed by atoms with Crippen LogP contribution in [0.15, 0.2) is 23.1 Å². The van der Waals surface area contributed by atoms with Crippen molar-refractivity contribution in [2.45, 2.75) is 75.3 Å². The van der Waals surface area contributed by atoms with Gasteiger partial charge in [0.2, 0.25) is 5.92 Å². The van der Waals surface area contributed by atoms with Gasteiger partial charge in [-0.15, -0.1) is 0 Å². The van der Waals surface area contributed by atoms with Crippen LogP contribution in [-0.4, -0.2) is 79.9 Å². The molecule has 3 fully saturated rings. The minimum Gasteiger partial charge on any atom is -0.379 e. The highest BCUT2D eigenvalue weighted by atomic mass is 19.3. The summed E-state index contributed by atoms with van der Waals surface area (Å²) < 4.78 is 68.4. The number of hydrogen-bond acceptors (Lipinski definition) is 8. The van der Waals surface area contributed by atoms with Gasteiger partial charge in [0.05, 0.1) is 49.9 Å². The molecule has 12 nitrogen and oxygen atoms in total. The second-order valence-corrected chi connectivity index (χ2v) is 11.5. The van der Waals surface area contributed by atoms with Crippen LogP contribution >= 0.6 is 0 Å². The van der Waals surface area contributed by atoms with E-state index in [0.717, 1.165) is 17.7 Å². The maximum Gasteiger partial charge on any atom is 0.318 e. The van der Waals surface area contributed by atoms with Gasteiger partial charge in [-0.2, -0.15) is 5.10 Å². The minimum atomic E-state index is -3.13. The van der Waals surface area contributed by atoms with E-state index in [0.29, 0.717) is 29.2 Å². The Bertz CT molecular complexity index is 1480. The molecular formula is C27H32F4N8O4. The zero-order valence-electron chi connectivity index (χ0n) is 23.4. The van der Waals surface area contributed by atoms with Crippen LogP contribution in [0.1, 0.15) is 90.9 Å². The van der Waals surface area contributed by atoms with Crippen molar-refractivity contribution in [3.8, 4) is 0 Å². The van der Waals surface area contributed by atoms with Crippen molar-refractivity contribution in [1.29, 1.82) is 0 Å². The number of urea groups is 1. The predicted octanol–water partition coefficient (Wildman–Crippen LogP) is 4.02. The molecule has 0 spiro atoms. The van der Waals surface area contributed by atoms with Crippen LogP contribution in [0.2, 0.25) is 0 Å². The summed E-state index contributed by atoms with van der Waals surface area (Å²) in [5.74, 6) is -6.68. The van der Waals surface area contributed by atoms with Crippen LogP contribution in [0.25, 0.3) is 5.65 Å². The number of imidazole rings is 1. The number of carbonyl (C=O) groups is 2. The maximum atomic E-state index is 14.2. The summed E-state index contributed by atoms with van der Waals surface area (Å²) >= 11 is 0. The van der Waals surface area contributed by atoms with Crippen LogP contribution in [0.4, 0.5) is 22.4 Å². The van der Waals surface area contributed by atoms with Crippen LogP contribution in [-0.2, 0) is 4.74 Å². The third kappa shape index (κ3) is 6.28. The first-order valence-corrected chi connectivity index (χ1v) is 14.4. The molecule has 0 aromatic carbocycles. The number of ether oxygens (including phenoxy) is 1. The monoisotopic (exact) mass is 608 g/mol. The lowest BCUT2D eigenvalue weighted by molar-refractivity contribution is -0.0527. The van der Waals surface area contributed by atoms with Gasteiger partial charge >= 0.3 is 6.03 Å². The van der Waals surface area contributed by atoms with Gasteiger partial charge in [0.15, 0.2) is 11.3 Å². The number of nitrogens with zero attached hydrogens (tertiary/aromatic N) is 6. The minimum absolute atomic E-state index is 0.0462. The number of carbonyl (C=O) groups excluding carboxylic acids is 2. The smallest absolute Gasteiger partial charge is 0.318 e. The van der Waals surface area contributed by atoms with Gasteiger partial charge in [-0.3, -0.25) is 4.79 Å². The van der Waals surface area contributed by atoms with E-state index in [1.165, 1.54) is 10.7 Å². The lowest BCUT2D eigenvalue weighted by Gasteiger charge is -2.38. The Labute approximate surface area is 243 Å². The third-order valence-corrected chi connectivity index (χ3v) is 8.29. The fourth-order valence-electron chi connectivity index (χ4n) is 5.79. The van der Waals surface area contributed by atoms with E-state index in [9.17, 15) is 27.2 Å². The predicted molar refractivity (Wildman–Crippen MR) is 141 cm³/mol. The number of hydrogen-bond donors (Lipinski definition) is 2. The highest BCUT2D eigenvalue weighted by molar-refractivity contribution is 5.93. The Balaban J connectivity index is 1.31. The molecule has 2 saturated carbocycles. The SMILES string of the molecule is CCOCC(c1cnn2cc([C@@H](NC(=O)c3nonc3C3CC3)C3CCC(F)(F)CC3)nc2c1)N1CC(F)(F)CNC1=O. The zero-order valence-corrected chi connectivity index (χ0v) is 23.4. The van der Waals surface area contributed by atoms with Gasteiger partial charge in [0.25, 0.3) is 11.8 Å². The Hall–Kier alpha value is -3.82. The van der Waals surface area contributed by atoms with Crippen molar-refractivity contribution in [2.75, 3.05) is 26.3 Å². The zero-order chi connectivity index (χ0) is 30.4. The van der Waals surface area contributed by atoms with E-state index in [-0.39, 0.29) is 49.8 Å². The lowest BCUT2D eigenvalue weighted by atomic mass is 9.81. The van der Waals surface area contributed by atoms with Crippen molar-refractivity contribution in [3.05, 3.63) is 41.1 Å². The van der Waals surface area contributed by atoms with Gasteiger partial charge in [0, 0.05) is 30.9 Å². The number of rotatable bonds is 10. The van der Waals surface area contributed by atoms with E-state index in [1.54, 1.807) is 19.2 Å². The van der Waals surface area contributed by atoms with Gasteiger partial charge in [-0.25, -0.2) is 36.5 Å². The molecule has 3 aromatic rings. The van der Waals surface area contributed by atoms with E-state index in [1.807, 2.05) is 0 Å². The molecule has 0 bridgehead atoms. The molecule has 4 heterocycles. The first-order valence-electron chi connectivity index (χ1n) is 14.4. The summed E-state index contributed by atoms with van der Waals surface area (Å²) in [6, 6.07) is -0.658. The van der Waals surface area contributed by atoms with E-state index >= 15 is 0 Å². The summed E-state index contributed by atoms with van der Waals surface area (Å²) in [6.07, 6.45) is 4.46. The van der Waals surface area contributed by atoms with Crippen molar-refractivity contribution in [1.82, 2.24) is 40.4 Å². The van der Waals surface area contributed by atoms with Gasteiger partial charge < -0.3 is 20.3 Å². The topological polar surface area (TPSA) is 140 Å². The standard InChI is InChI=1S/C27H32F4N8O4/c1-2-42-12-19(38-14-27(30,31)13-32-25(38)41)17-9-20-34-18(11-39(20)33-10-17)21(16-5-7-26(28,29)8-6-16)35-24(40)23-22(15-3-4-15)36-43-37-23/h9-11,15-16,19,21H,2-8,12-14H2,1H3,(H,32,41)(H,35,40)/t19?,21-/m0/s1. The Morgan fingerprint density at radius 2 is 1.95 bits per heavy atom. The molecule has 1 saturated heterocycles. The number of nitrogens with one attached hydrogen (secondary N) is 2. The van der Waals surface area contributed by atoms with Crippen LogP contribution < -0.4 is 10.6 Å². The molecule has 3 aliphatic rings. The molecule has 2 atom stereocenters. The summed E-state index contributed by atoms with van der Waals surface area (Å²) in [4.78, 5) is 31.6. The molecule has 3 amide bonds. The Morgan fingerprint density at radius 1 is 1.19 bits per heavy atom. The fourth-order valence-corrected chi connectivity index (χ4v) is 5.79. The number of fused-ring (bicyclic) bond motifs is 1. The van der Waals surface area contributed by atoms with Crippen molar-refractivity contribution in [2.24, 2.45) is 5.92 Å². The average molecular weight is 609 g/mol. The molecule has 2 aliphatic carbocycles. The molecule has 2 N–H and O–H groups in total. The lowest BCUT2D eigenvalue weighted by Crippen LogP contribution is -2.58. The quantitative estimate of drug-likeness (QED) is 0.329. The van der Waals surface area contributed by atoms with E-state index < -0.39 is 49.0 Å². The molecule has 6 rings (SSSR count). The van der Waals surface area contributed by atoms with Gasteiger partial charge in [0.1, 0.15) is 5.69 Å². The molecule has 232 valence electrons. The number of halogens is 4. The largest absolute Gasteiger partial charge is 0.379 e. The van der Waals surface area contributed by atoms with Crippen molar-refractivity contribution in [3.63, 3.8) is 0 Å². The van der Waals surface area contributed by atoms with Crippen LogP contribution in [0, 0.1) is 5.92 Å². The second kappa shape index (κ2) is 11.4. The maximum absolute atomic E-state index is 14.2. The summed E-state index contributed by atoms with van der Waals surface area (Å²) in [7, 11) is 0. The fraction of sp³-hybridized carbons (Fsp3) is 0.630. The normalized spacial score (nSPS) is 21.9.